The van der Waals surface area contributed by atoms with Crippen LogP contribution in [-0.2, 0) is 4.74 Å². The van der Waals surface area contributed by atoms with Crippen molar-refractivity contribution in [3.63, 3.8) is 0 Å². The van der Waals surface area contributed by atoms with Gasteiger partial charge >= 0.3 is 0 Å². The van der Waals surface area contributed by atoms with Crippen LogP contribution in [0.1, 0.15) is 22.6 Å². The van der Waals surface area contributed by atoms with Gasteiger partial charge in [-0.3, -0.25) is 9.89 Å². The summed E-state index contributed by atoms with van der Waals surface area (Å²) in [6.07, 6.45) is 0.986. The maximum atomic E-state index is 14.2. The number of thiazole rings is 1. The number of aryl methyl sites for hydroxylation is 1. The van der Waals surface area contributed by atoms with E-state index in [0.29, 0.717) is 28.5 Å². The number of H-pyrrole nitrogens is 1. The molecule has 11 heteroatoms. The first-order chi connectivity index (χ1) is 15.5. The third-order valence-electron chi connectivity index (χ3n) is 5.91. The van der Waals surface area contributed by atoms with Crippen LogP contribution in [0.25, 0.3) is 10.6 Å². The highest BCUT2D eigenvalue weighted by molar-refractivity contribution is 7.19. The molecule has 2 saturated heterocycles. The van der Waals surface area contributed by atoms with Gasteiger partial charge in [0.25, 0.3) is 5.91 Å². The summed E-state index contributed by atoms with van der Waals surface area (Å²) < 4.78 is 20.0. The van der Waals surface area contributed by atoms with E-state index >= 15 is 0 Å². The fourth-order valence-corrected chi connectivity index (χ4v) is 4.93. The molecule has 32 heavy (non-hydrogen) atoms. The van der Waals surface area contributed by atoms with Gasteiger partial charge in [0.1, 0.15) is 32.9 Å². The molecule has 0 radical (unpaired) electrons. The van der Waals surface area contributed by atoms with E-state index in [9.17, 15) is 9.18 Å². The minimum absolute atomic E-state index is 0.0659. The lowest BCUT2D eigenvalue weighted by atomic mass is 9.94. The van der Waals surface area contributed by atoms with Crippen LogP contribution in [0.15, 0.2) is 24.3 Å². The van der Waals surface area contributed by atoms with Crippen molar-refractivity contribution in [2.45, 2.75) is 18.9 Å². The first-order valence-electron chi connectivity index (χ1n) is 10.4. The molecule has 1 spiro atoms. The topological polar surface area (TPSA) is 121 Å². The molecule has 2 aromatic heterocycles. The standard InChI is InChI=1S/C21H24FN7O2S/c1-12-15(18(28-27-12)29-8-7-24-10-21(11-29)6-9-31-21)25-19(30)16-17(23)32-20(26-16)13-4-2-3-5-14(13)22/h2-5,24H,6-11,23H2,1H3,(H,25,30)(H,27,28). The zero-order valence-electron chi connectivity index (χ0n) is 17.6. The SMILES string of the molecule is Cc1n[nH]c(N2CCNCC3(CCO3)C2)c1NC(=O)c1nc(-c2ccccc2F)sc1N. The number of nitrogen functional groups attached to an aromatic ring is 1. The summed E-state index contributed by atoms with van der Waals surface area (Å²) in [6, 6.07) is 6.27. The summed E-state index contributed by atoms with van der Waals surface area (Å²) in [5.74, 6) is -0.157. The number of aromatic nitrogens is 3. The number of hydrogen-bond acceptors (Lipinski definition) is 8. The summed E-state index contributed by atoms with van der Waals surface area (Å²) in [6.45, 7) is 5.60. The number of benzene rings is 1. The first-order valence-corrected chi connectivity index (χ1v) is 11.2. The summed E-state index contributed by atoms with van der Waals surface area (Å²) in [5, 5.41) is 14.3. The van der Waals surface area contributed by atoms with Crippen LogP contribution in [0.3, 0.4) is 0 Å². The number of carbonyl (C=O) groups is 1. The highest BCUT2D eigenvalue weighted by Crippen LogP contribution is 2.35. The van der Waals surface area contributed by atoms with E-state index in [4.69, 9.17) is 10.5 Å². The largest absolute Gasteiger partial charge is 0.389 e. The summed E-state index contributed by atoms with van der Waals surface area (Å²) >= 11 is 1.08. The van der Waals surface area contributed by atoms with E-state index in [-0.39, 0.29) is 16.3 Å². The van der Waals surface area contributed by atoms with E-state index in [1.807, 2.05) is 6.92 Å². The Labute approximate surface area is 188 Å². The quantitative estimate of drug-likeness (QED) is 0.475. The second-order valence-electron chi connectivity index (χ2n) is 8.08. The average molecular weight is 458 g/mol. The Morgan fingerprint density at radius 3 is 2.97 bits per heavy atom. The van der Waals surface area contributed by atoms with E-state index in [0.717, 1.165) is 49.8 Å². The minimum Gasteiger partial charge on any atom is -0.389 e. The maximum absolute atomic E-state index is 14.2. The average Bonchev–Trinajstić information content (AvgIpc) is 3.21. The van der Waals surface area contributed by atoms with Crippen molar-refractivity contribution in [2.24, 2.45) is 0 Å². The Balaban J connectivity index is 1.40. The van der Waals surface area contributed by atoms with Crippen LogP contribution < -0.4 is 21.3 Å². The molecule has 2 fully saturated rings. The number of amides is 1. The minimum atomic E-state index is -0.463. The molecule has 2 aliphatic rings. The zero-order valence-corrected chi connectivity index (χ0v) is 18.4. The second-order valence-corrected chi connectivity index (χ2v) is 9.11. The Morgan fingerprint density at radius 2 is 2.22 bits per heavy atom. The van der Waals surface area contributed by atoms with Gasteiger partial charge in [-0.25, -0.2) is 9.37 Å². The highest BCUT2D eigenvalue weighted by atomic mass is 32.1. The first kappa shape index (κ1) is 20.9. The van der Waals surface area contributed by atoms with Crippen LogP contribution in [0.4, 0.5) is 20.9 Å². The van der Waals surface area contributed by atoms with Crippen LogP contribution in [0.5, 0.6) is 0 Å². The van der Waals surface area contributed by atoms with Crippen molar-refractivity contribution >= 4 is 33.8 Å². The monoisotopic (exact) mass is 457 g/mol. The number of nitrogens with zero attached hydrogens (tertiary/aromatic N) is 3. The Bertz CT molecular complexity index is 1160. The molecular weight excluding hydrogens is 433 g/mol. The van der Waals surface area contributed by atoms with E-state index < -0.39 is 11.7 Å². The van der Waals surface area contributed by atoms with Crippen LogP contribution in [0, 0.1) is 12.7 Å². The summed E-state index contributed by atoms with van der Waals surface area (Å²) in [5.41, 5.74) is 7.46. The Morgan fingerprint density at radius 1 is 1.41 bits per heavy atom. The zero-order chi connectivity index (χ0) is 22.3. The van der Waals surface area contributed by atoms with E-state index in [1.165, 1.54) is 6.07 Å². The predicted molar refractivity (Wildman–Crippen MR) is 122 cm³/mol. The normalized spacial score (nSPS) is 20.8. The fraction of sp³-hybridized carbons (Fsp3) is 0.381. The number of carbonyl (C=O) groups excluding carboxylic acids is 1. The van der Waals surface area contributed by atoms with Crippen molar-refractivity contribution < 1.29 is 13.9 Å². The van der Waals surface area contributed by atoms with Gasteiger partial charge in [-0.1, -0.05) is 23.5 Å². The number of ether oxygens (including phenoxy) is 1. The van der Waals surface area contributed by atoms with Crippen molar-refractivity contribution in [1.82, 2.24) is 20.5 Å². The lowest BCUT2D eigenvalue weighted by molar-refractivity contribution is -0.135. The third kappa shape index (κ3) is 3.72. The molecule has 1 atom stereocenters. The van der Waals surface area contributed by atoms with Gasteiger partial charge in [-0.15, -0.1) is 0 Å². The number of nitrogens with one attached hydrogen (secondary N) is 3. The van der Waals surface area contributed by atoms with Gasteiger partial charge in [0.15, 0.2) is 5.69 Å². The molecule has 1 amide bonds. The van der Waals surface area contributed by atoms with Gasteiger partial charge in [-0.2, -0.15) is 5.10 Å². The van der Waals surface area contributed by atoms with Crippen LogP contribution in [-0.4, -0.2) is 59.5 Å². The van der Waals surface area contributed by atoms with E-state index in [1.54, 1.807) is 18.2 Å². The van der Waals surface area contributed by atoms with Crippen molar-refractivity contribution in [3.8, 4) is 10.6 Å². The summed E-state index contributed by atoms with van der Waals surface area (Å²) in [7, 11) is 0. The predicted octanol–water partition coefficient (Wildman–Crippen LogP) is 2.38. The molecule has 9 nitrogen and oxygen atoms in total. The number of halogens is 1. The van der Waals surface area contributed by atoms with Gasteiger partial charge in [-0.05, 0) is 19.1 Å². The van der Waals surface area contributed by atoms with Crippen molar-refractivity contribution in [1.29, 1.82) is 0 Å². The van der Waals surface area contributed by atoms with Crippen LogP contribution >= 0.6 is 11.3 Å². The van der Waals surface area contributed by atoms with Gasteiger partial charge in [0, 0.05) is 38.2 Å². The van der Waals surface area contributed by atoms with Crippen molar-refractivity contribution in [2.75, 3.05) is 48.7 Å². The molecular formula is C21H24FN7O2S. The molecule has 2 aliphatic heterocycles. The lowest BCUT2D eigenvalue weighted by Gasteiger charge is -2.43. The molecule has 0 bridgehead atoms. The van der Waals surface area contributed by atoms with Crippen LogP contribution in [0.2, 0.25) is 0 Å². The number of hydrogen-bond donors (Lipinski definition) is 4. The highest BCUT2D eigenvalue weighted by Gasteiger charge is 2.42. The number of rotatable bonds is 4. The second kappa shape index (κ2) is 8.15. The lowest BCUT2D eigenvalue weighted by Crippen LogP contribution is -2.55. The molecule has 4 heterocycles. The summed E-state index contributed by atoms with van der Waals surface area (Å²) in [4.78, 5) is 19.5. The molecule has 168 valence electrons. The molecule has 5 rings (SSSR count). The number of anilines is 3. The van der Waals surface area contributed by atoms with Crippen molar-refractivity contribution in [3.05, 3.63) is 41.5 Å². The molecule has 1 unspecified atom stereocenters. The smallest absolute Gasteiger partial charge is 0.277 e. The third-order valence-corrected chi connectivity index (χ3v) is 6.82. The molecule has 5 N–H and O–H groups in total. The van der Waals surface area contributed by atoms with Gasteiger partial charge in [0.05, 0.1) is 12.3 Å². The Hall–Kier alpha value is -3.02. The van der Waals surface area contributed by atoms with Gasteiger partial charge < -0.3 is 26.0 Å². The number of aromatic amines is 1. The maximum Gasteiger partial charge on any atom is 0.277 e. The molecule has 0 aliphatic carbocycles. The van der Waals surface area contributed by atoms with Gasteiger partial charge in [0.2, 0.25) is 0 Å². The van der Waals surface area contributed by atoms with E-state index in [2.05, 4.69) is 30.7 Å². The molecule has 0 saturated carbocycles. The molecule has 1 aromatic carbocycles. The fourth-order valence-electron chi connectivity index (χ4n) is 4.07. The number of nitrogens with two attached hydrogens (primary N) is 1. The molecule has 3 aromatic rings. The Kier molecular flexibility index (Phi) is 5.31.